The molecule has 36 heavy (non-hydrogen) atoms. The van der Waals surface area contributed by atoms with Crippen LogP contribution in [-0.2, 0) is 0 Å². The van der Waals surface area contributed by atoms with Gasteiger partial charge in [-0.05, 0) is 173 Å². The number of rotatable bonds is 0. The molecule has 0 amide bonds. The van der Waals surface area contributed by atoms with Crippen LogP contribution in [0.15, 0.2) is 23.3 Å². The summed E-state index contributed by atoms with van der Waals surface area (Å²) in [5.41, 5.74) is 4.85. The third-order valence-corrected chi connectivity index (χ3v) is 13.8. The molecule has 0 heteroatoms. The molecule has 0 heterocycles. The van der Waals surface area contributed by atoms with Crippen LogP contribution in [0.3, 0.4) is 0 Å². The Balaban J connectivity index is 0.000000101. The van der Waals surface area contributed by atoms with Gasteiger partial charge in [0.1, 0.15) is 0 Å². The summed E-state index contributed by atoms with van der Waals surface area (Å²) in [6.07, 6.45) is 23.5. The molecular weight excluding hydrogens is 432 g/mol. The maximum atomic E-state index is 2.54. The zero-order valence-electron chi connectivity index (χ0n) is 25.6. The molecule has 0 aliphatic heterocycles. The highest BCUT2D eigenvalue weighted by Gasteiger charge is 2.54. The molecule has 8 bridgehead atoms. The zero-order valence-corrected chi connectivity index (χ0v) is 24.6. The van der Waals surface area contributed by atoms with Gasteiger partial charge in [-0.25, -0.2) is 0 Å². The van der Waals surface area contributed by atoms with E-state index in [1.54, 1.807) is 68.9 Å². The summed E-state index contributed by atoms with van der Waals surface area (Å²) in [4.78, 5) is 0. The second-order valence-corrected chi connectivity index (χ2v) is 17.2. The highest BCUT2D eigenvalue weighted by molar-refractivity contribution is 5.29. The monoisotopic (exact) mass is 489 g/mol. The molecule has 0 aromatic carbocycles. The van der Waals surface area contributed by atoms with Crippen molar-refractivity contribution < 1.29 is 1.43 Å². The van der Waals surface area contributed by atoms with Gasteiger partial charge in [0.25, 0.3) is 0 Å². The molecule has 10 rings (SSSR count). The molecule has 0 nitrogen and oxygen atoms in total. The van der Waals surface area contributed by atoms with E-state index in [1.807, 2.05) is 0 Å². The van der Waals surface area contributed by atoms with Crippen molar-refractivity contribution in [2.45, 2.75) is 119 Å². The molecule has 0 saturated heterocycles. The molecule has 10 aliphatic carbocycles. The van der Waals surface area contributed by atoms with Gasteiger partial charge in [0, 0.05) is 0 Å². The Morgan fingerprint density at radius 2 is 1.39 bits per heavy atom. The Bertz CT molecular complexity index is 902. The Morgan fingerprint density at radius 1 is 0.722 bits per heavy atom. The summed E-state index contributed by atoms with van der Waals surface area (Å²) in [6, 6.07) is 0. The van der Waals surface area contributed by atoms with E-state index in [-0.39, 0.29) is 1.43 Å². The molecule has 8 fully saturated rings. The van der Waals surface area contributed by atoms with Gasteiger partial charge in [0.2, 0.25) is 0 Å². The van der Waals surface area contributed by atoms with E-state index < -0.39 is 0 Å². The number of fused-ring (bicyclic) bond motifs is 10. The first-order chi connectivity index (χ1) is 17.1. The predicted molar refractivity (Wildman–Crippen MR) is 153 cm³/mol. The normalized spacial score (nSPS) is 58.1. The first kappa shape index (κ1) is 24.5. The third kappa shape index (κ3) is 4.04. The summed E-state index contributed by atoms with van der Waals surface area (Å²) >= 11 is 0. The van der Waals surface area contributed by atoms with Crippen LogP contribution in [0.1, 0.15) is 120 Å². The zero-order chi connectivity index (χ0) is 25.0. The molecular formula is C36H57-. The van der Waals surface area contributed by atoms with Crippen LogP contribution >= 0.6 is 0 Å². The van der Waals surface area contributed by atoms with E-state index in [4.69, 9.17) is 0 Å². The number of allylic oxidation sites excluding steroid dienone is 4. The Kier molecular flexibility index (Phi) is 5.78. The fourth-order valence-electron chi connectivity index (χ4n) is 13.6. The van der Waals surface area contributed by atoms with Gasteiger partial charge in [-0.2, -0.15) is 0 Å². The minimum Gasteiger partial charge on any atom is -1.00 e. The Labute approximate surface area is 225 Å². The van der Waals surface area contributed by atoms with Crippen molar-refractivity contribution in [2.75, 3.05) is 0 Å². The van der Waals surface area contributed by atoms with Gasteiger partial charge in [0.15, 0.2) is 0 Å². The van der Waals surface area contributed by atoms with E-state index in [9.17, 15) is 0 Å². The lowest BCUT2D eigenvalue weighted by Gasteiger charge is -2.60. The van der Waals surface area contributed by atoms with Gasteiger partial charge in [0.05, 0.1) is 0 Å². The number of hydrogen-bond acceptors (Lipinski definition) is 0. The van der Waals surface area contributed by atoms with Crippen LogP contribution in [0.4, 0.5) is 0 Å². The second-order valence-electron chi connectivity index (χ2n) is 17.2. The molecule has 10 unspecified atom stereocenters. The quantitative estimate of drug-likeness (QED) is 0.297. The second kappa shape index (κ2) is 8.49. The van der Waals surface area contributed by atoms with Crippen LogP contribution in [0, 0.1) is 81.8 Å². The van der Waals surface area contributed by atoms with E-state index >= 15 is 0 Å². The van der Waals surface area contributed by atoms with Crippen molar-refractivity contribution in [2.24, 2.45) is 81.8 Å². The Hall–Kier alpha value is -0.520. The molecule has 8 saturated carbocycles. The topological polar surface area (TPSA) is 0 Å². The fraction of sp³-hybridized carbons (Fsp3) is 0.889. The largest absolute Gasteiger partial charge is 1.00 e. The van der Waals surface area contributed by atoms with Crippen LogP contribution in [-0.4, -0.2) is 0 Å². The fourth-order valence-corrected chi connectivity index (χ4v) is 13.6. The summed E-state index contributed by atoms with van der Waals surface area (Å²) in [7, 11) is 0. The van der Waals surface area contributed by atoms with Gasteiger partial charge in [-0.3, -0.25) is 0 Å². The third-order valence-electron chi connectivity index (χ3n) is 13.8. The molecule has 0 spiro atoms. The Morgan fingerprint density at radius 3 is 2.06 bits per heavy atom. The number of hydrogen-bond donors (Lipinski definition) is 0. The van der Waals surface area contributed by atoms with Crippen molar-refractivity contribution in [1.82, 2.24) is 0 Å². The van der Waals surface area contributed by atoms with E-state index in [0.29, 0.717) is 0 Å². The lowest BCUT2D eigenvalue weighted by molar-refractivity contribution is -0.0920. The molecule has 0 radical (unpaired) electrons. The van der Waals surface area contributed by atoms with E-state index in [1.165, 1.54) is 25.2 Å². The van der Waals surface area contributed by atoms with Crippen LogP contribution in [0.25, 0.3) is 0 Å². The lowest BCUT2D eigenvalue weighted by Crippen LogP contribution is -2.49. The maximum absolute atomic E-state index is 2.54. The summed E-state index contributed by atoms with van der Waals surface area (Å²) < 4.78 is 0. The van der Waals surface area contributed by atoms with Gasteiger partial charge < -0.3 is 1.43 Å². The molecule has 0 aromatic heterocycles. The first-order valence-corrected chi connectivity index (χ1v) is 16.4. The van der Waals surface area contributed by atoms with Crippen molar-refractivity contribution >= 4 is 0 Å². The molecule has 10 atom stereocenters. The summed E-state index contributed by atoms with van der Waals surface area (Å²) in [5, 5.41) is 0. The minimum absolute atomic E-state index is 0. The van der Waals surface area contributed by atoms with E-state index in [0.717, 1.165) is 75.9 Å². The van der Waals surface area contributed by atoms with Crippen LogP contribution in [0.2, 0.25) is 0 Å². The molecule has 0 aromatic rings. The predicted octanol–water partition coefficient (Wildman–Crippen LogP) is 10.2. The molecule has 10 aliphatic rings. The van der Waals surface area contributed by atoms with Crippen molar-refractivity contribution in [3.05, 3.63) is 23.3 Å². The lowest BCUT2D eigenvalue weighted by atomic mass is 9.45. The van der Waals surface area contributed by atoms with Gasteiger partial charge in [-0.1, -0.05) is 51.0 Å². The summed E-state index contributed by atoms with van der Waals surface area (Å²) in [5.74, 6) is 12.8. The molecule has 0 N–H and O–H groups in total. The van der Waals surface area contributed by atoms with Crippen LogP contribution in [0.5, 0.6) is 0 Å². The molecule has 202 valence electrons. The highest BCUT2D eigenvalue weighted by Crippen LogP contribution is 2.65. The standard InChI is InChI=1S/2C12H20.C12H16.H/c1-11-4-9-3-10(5-11)7-12(2,6-9)8-11;2*1-7-3-11-9-5-8(2)10(6-9)12(11)4-7;/h9-10H,3-8H2,1-2H3;7-12H,3-6H2,1-2H3;3,5,9-12H,4,6H2,1-2H3;/q;;;-1. The van der Waals surface area contributed by atoms with Crippen molar-refractivity contribution in [3.63, 3.8) is 0 Å². The van der Waals surface area contributed by atoms with Crippen molar-refractivity contribution in [3.8, 4) is 0 Å². The highest BCUT2D eigenvalue weighted by atomic mass is 14.6. The SMILES string of the molecule is CC12CC3CC(C1)CC(C)(C3)C2.CC1=CC2C3C=C(C)C(C3)C2C1.CC1CC2C3CC(C)C(C3)C2C1.[H-]. The van der Waals surface area contributed by atoms with Gasteiger partial charge in [-0.15, -0.1) is 0 Å². The summed E-state index contributed by atoms with van der Waals surface area (Å²) in [6.45, 7) is 14.7. The van der Waals surface area contributed by atoms with Crippen molar-refractivity contribution in [1.29, 1.82) is 0 Å². The average molecular weight is 490 g/mol. The van der Waals surface area contributed by atoms with E-state index in [2.05, 4.69) is 53.7 Å². The minimum atomic E-state index is 0. The van der Waals surface area contributed by atoms with Crippen LogP contribution < -0.4 is 0 Å². The van der Waals surface area contributed by atoms with Gasteiger partial charge >= 0.3 is 0 Å². The smallest absolute Gasteiger partial charge is 0.0130 e. The first-order valence-electron chi connectivity index (χ1n) is 16.4. The maximum Gasteiger partial charge on any atom is -0.0130 e. The average Bonchev–Trinajstić information content (AvgIpc) is 3.55.